The maximum Gasteiger partial charge on any atom is 0.282 e. The van der Waals surface area contributed by atoms with Crippen molar-refractivity contribution in [3.63, 3.8) is 0 Å². The van der Waals surface area contributed by atoms with Crippen molar-refractivity contribution in [2.24, 2.45) is 5.92 Å². The van der Waals surface area contributed by atoms with Gasteiger partial charge in [0.05, 0.1) is 0 Å². The second-order valence-corrected chi connectivity index (χ2v) is 12.6. The lowest BCUT2D eigenvalue weighted by atomic mass is 9.95. The van der Waals surface area contributed by atoms with Gasteiger partial charge in [0.15, 0.2) is 0 Å². The fourth-order valence-corrected chi connectivity index (χ4v) is 6.11. The maximum atomic E-state index is 5.36. The number of hydrogen-bond acceptors (Lipinski definition) is 6. The van der Waals surface area contributed by atoms with E-state index in [4.69, 9.17) is 28.4 Å². The molecule has 0 spiro atoms. The molecule has 0 aliphatic heterocycles. The summed E-state index contributed by atoms with van der Waals surface area (Å²) in [7, 11) is 9.86. The van der Waals surface area contributed by atoms with Gasteiger partial charge in [-0.05, 0) is 18.8 Å². The molecule has 0 N–H and O–H groups in total. The average molecular weight is 603 g/mol. The molecule has 0 rings (SSSR count). The zero-order chi connectivity index (χ0) is 31.2. The van der Waals surface area contributed by atoms with Crippen molar-refractivity contribution in [3.8, 4) is 0 Å². The van der Waals surface area contributed by atoms with E-state index >= 15 is 0 Å². The molecule has 0 fully saturated rings. The molecule has 0 aromatic carbocycles. The van der Waals surface area contributed by atoms with Gasteiger partial charge in [-0.25, -0.2) is 0 Å². The van der Waals surface area contributed by atoms with Gasteiger partial charge in [0, 0.05) is 55.5 Å². The summed E-state index contributed by atoms with van der Waals surface area (Å²) in [5.41, 5.74) is 0. The predicted octanol–water partition coefficient (Wildman–Crippen LogP) is 11.0. The number of methoxy groups -OCH3 is 6. The lowest BCUT2D eigenvalue weighted by Gasteiger charge is -2.28. The number of unbranched alkanes of at least 4 members (excludes halogenated alkanes) is 20. The number of ether oxygens (including phenoxy) is 6. The standard InChI is InChI=1S/C36H74O6/c1-34(31-27-23-19-17-21-25-29-33-36(40-5,41-6)42-7)30-26-22-18-15-13-11-9-8-10-12-14-16-20-24-28-32-35(37-2,38-3)39-4/h34H,8-33H2,1-7H3. The highest BCUT2D eigenvalue weighted by molar-refractivity contribution is 4.59. The fraction of sp³-hybridized carbons (Fsp3) is 1.00. The SMILES string of the molecule is COC(CCCCCCCCCCCCCCCCCC(C)CCCCCCCCCC(OC)(OC)OC)(OC)OC. The van der Waals surface area contributed by atoms with Crippen LogP contribution in [0.25, 0.3) is 0 Å². The van der Waals surface area contributed by atoms with Crippen LogP contribution in [0.5, 0.6) is 0 Å². The van der Waals surface area contributed by atoms with E-state index in [1.807, 2.05) is 0 Å². The van der Waals surface area contributed by atoms with Crippen LogP contribution in [0.15, 0.2) is 0 Å². The van der Waals surface area contributed by atoms with Gasteiger partial charge in [0.25, 0.3) is 11.9 Å². The Kier molecular flexibility index (Phi) is 29.3. The third kappa shape index (κ3) is 22.3. The summed E-state index contributed by atoms with van der Waals surface area (Å²) in [4.78, 5) is 0. The Morgan fingerprint density at radius 1 is 0.310 bits per heavy atom. The van der Waals surface area contributed by atoms with Crippen molar-refractivity contribution >= 4 is 0 Å². The lowest BCUT2D eigenvalue weighted by Crippen LogP contribution is -2.35. The summed E-state index contributed by atoms with van der Waals surface area (Å²) in [6, 6.07) is 0. The summed E-state index contributed by atoms with van der Waals surface area (Å²) in [5, 5.41) is 0. The molecule has 0 aliphatic rings. The Labute approximate surface area is 262 Å². The molecular formula is C36H74O6. The minimum atomic E-state index is -0.854. The predicted molar refractivity (Wildman–Crippen MR) is 177 cm³/mol. The quantitative estimate of drug-likeness (QED) is 0.0539. The van der Waals surface area contributed by atoms with E-state index in [-0.39, 0.29) is 0 Å². The highest BCUT2D eigenvalue weighted by atomic mass is 16.9. The van der Waals surface area contributed by atoms with Crippen LogP contribution in [0, 0.1) is 5.92 Å². The van der Waals surface area contributed by atoms with E-state index in [0.717, 1.165) is 31.6 Å². The van der Waals surface area contributed by atoms with E-state index < -0.39 is 11.9 Å². The van der Waals surface area contributed by atoms with E-state index in [1.165, 1.54) is 141 Å². The molecule has 0 saturated carbocycles. The van der Waals surface area contributed by atoms with E-state index in [0.29, 0.717) is 0 Å². The first-order valence-corrected chi connectivity index (χ1v) is 17.8. The minimum Gasteiger partial charge on any atom is -0.331 e. The molecule has 0 aliphatic carbocycles. The lowest BCUT2D eigenvalue weighted by molar-refractivity contribution is -0.355. The van der Waals surface area contributed by atoms with E-state index in [2.05, 4.69) is 6.92 Å². The molecular weight excluding hydrogens is 528 g/mol. The van der Waals surface area contributed by atoms with Gasteiger partial charge in [0.2, 0.25) is 0 Å². The Morgan fingerprint density at radius 2 is 0.500 bits per heavy atom. The summed E-state index contributed by atoms with van der Waals surface area (Å²) in [6.07, 6.45) is 34.1. The van der Waals surface area contributed by atoms with Gasteiger partial charge < -0.3 is 28.4 Å². The number of hydrogen-bond donors (Lipinski definition) is 0. The molecule has 1 unspecified atom stereocenters. The average Bonchev–Trinajstić information content (AvgIpc) is 3.02. The summed E-state index contributed by atoms with van der Waals surface area (Å²) >= 11 is 0. The molecule has 42 heavy (non-hydrogen) atoms. The molecule has 0 aromatic rings. The first-order chi connectivity index (χ1) is 20.5. The second kappa shape index (κ2) is 29.5. The van der Waals surface area contributed by atoms with Gasteiger partial charge in [-0.15, -0.1) is 0 Å². The van der Waals surface area contributed by atoms with Gasteiger partial charge in [-0.3, -0.25) is 0 Å². The Balaban J connectivity index is 3.34. The van der Waals surface area contributed by atoms with Crippen LogP contribution in [0.1, 0.15) is 174 Å². The Morgan fingerprint density at radius 3 is 0.714 bits per heavy atom. The normalized spacial score (nSPS) is 13.2. The van der Waals surface area contributed by atoms with E-state index in [1.54, 1.807) is 42.7 Å². The van der Waals surface area contributed by atoms with Crippen LogP contribution in [0.2, 0.25) is 0 Å². The van der Waals surface area contributed by atoms with Gasteiger partial charge in [-0.1, -0.05) is 148 Å². The van der Waals surface area contributed by atoms with Crippen molar-refractivity contribution in [2.75, 3.05) is 42.7 Å². The molecule has 0 saturated heterocycles. The molecule has 0 bridgehead atoms. The molecule has 1 atom stereocenters. The molecule has 0 aromatic heterocycles. The topological polar surface area (TPSA) is 55.4 Å². The fourth-order valence-electron chi connectivity index (χ4n) is 6.11. The van der Waals surface area contributed by atoms with Crippen LogP contribution >= 0.6 is 0 Å². The van der Waals surface area contributed by atoms with Gasteiger partial charge in [0.1, 0.15) is 0 Å². The van der Waals surface area contributed by atoms with Gasteiger partial charge >= 0.3 is 0 Å². The molecule has 0 radical (unpaired) electrons. The van der Waals surface area contributed by atoms with Crippen molar-refractivity contribution in [1.29, 1.82) is 0 Å². The van der Waals surface area contributed by atoms with Crippen molar-refractivity contribution < 1.29 is 28.4 Å². The molecule has 0 amide bonds. The number of rotatable bonds is 34. The highest BCUT2D eigenvalue weighted by Crippen LogP contribution is 2.23. The third-order valence-corrected chi connectivity index (χ3v) is 9.23. The van der Waals surface area contributed by atoms with Crippen molar-refractivity contribution in [3.05, 3.63) is 0 Å². The molecule has 0 heterocycles. The molecule has 6 heteroatoms. The summed E-state index contributed by atoms with van der Waals surface area (Å²) in [6.45, 7) is 2.46. The first-order valence-electron chi connectivity index (χ1n) is 17.8. The third-order valence-electron chi connectivity index (χ3n) is 9.23. The maximum absolute atomic E-state index is 5.36. The van der Waals surface area contributed by atoms with Crippen LogP contribution in [0.4, 0.5) is 0 Å². The Hall–Kier alpha value is -0.240. The van der Waals surface area contributed by atoms with E-state index in [9.17, 15) is 0 Å². The van der Waals surface area contributed by atoms with Crippen LogP contribution in [-0.4, -0.2) is 54.6 Å². The highest BCUT2D eigenvalue weighted by Gasteiger charge is 2.29. The Bertz CT molecular complexity index is 518. The second-order valence-electron chi connectivity index (χ2n) is 12.6. The summed E-state index contributed by atoms with van der Waals surface area (Å²) < 4.78 is 32.2. The first kappa shape index (κ1) is 41.8. The zero-order valence-electron chi connectivity index (χ0n) is 29.4. The van der Waals surface area contributed by atoms with Crippen LogP contribution < -0.4 is 0 Å². The minimum absolute atomic E-state index is 0.791. The largest absolute Gasteiger partial charge is 0.331 e. The molecule has 254 valence electrons. The monoisotopic (exact) mass is 603 g/mol. The van der Waals surface area contributed by atoms with Crippen LogP contribution in [0.3, 0.4) is 0 Å². The smallest absolute Gasteiger partial charge is 0.282 e. The van der Waals surface area contributed by atoms with Gasteiger partial charge in [-0.2, -0.15) is 0 Å². The van der Waals surface area contributed by atoms with Crippen molar-refractivity contribution in [1.82, 2.24) is 0 Å². The zero-order valence-corrected chi connectivity index (χ0v) is 29.4. The van der Waals surface area contributed by atoms with Crippen molar-refractivity contribution in [2.45, 2.75) is 186 Å². The van der Waals surface area contributed by atoms with Crippen LogP contribution in [-0.2, 0) is 28.4 Å². The molecule has 6 nitrogen and oxygen atoms in total. The summed E-state index contributed by atoms with van der Waals surface area (Å²) in [5.74, 6) is -0.805.